The Morgan fingerprint density at radius 1 is 1.06 bits per heavy atom. The molecule has 0 bridgehead atoms. The van der Waals surface area contributed by atoms with E-state index >= 15 is 0 Å². The predicted octanol–water partition coefficient (Wildman–Crippen LogP) is 2.52. The van der Waals surface area contributed by atoms with Crippen LogP contribution in [0.4, 0.5) is 0 Å². The molecule has 4 rings (SSSR count). The number of aliphatic hydroxyl groups is 2. The maximum Gasteiger partial charge on any atom is 0.340 e. The van der Waals surface area contributed by atoms with Gasteiger partial charge in [-0.25, -0.2) is 4.79 Å². The molecule has 0 radical (unpaired) electrons. The lowest BCUT2D eigenvalue weighted by Gasteiger charge is -2.35. The second-order valence-corrected chi connectivity index (χ2v) is 9.26. The van der Waals surface area contributed by atoms with Gasteiger partial charge < -0.3 is 24.3 Å². The van der Waals surface area contributed by atoms with E-state index in [9.17, 15) is 9.90 Å². The average molecular weight is 496 g/mol. The minimum Gasteiger partial charge on any atom is -0.491 e. The first-order valence-electron chi connectivity index (χ1n) is 12.7. The number of hydrogen-bond acceptors (Lipinski definition) is 7. The quantitative estimate of drug-likeness (QED) is 0.395. The molecule has 194 valence electrons. The van der Waals surface area contributed by atoms with E-state index in [1.807, 2.05) is 43.3 Å². The SMILES string of the molecule is CCOC(=O)c1c(C)n(Cc2ccccc2)c2ccc(OC[C@@H](O)CN3CCN(CCO)CC3)cc12. The highest BCUT2D eigenvalue weighted by Crippen LogP contribution is 2.31. The summed E-state index contributed by atoms with van der Waals surface area (Å²) >= 11 is 0. The van der Waals surface area contributed by atoms with Crippen molar-refractivity contribution in [2.45, 2.75) is 26.5 Å². The van der Waals surface area contributed by atoms with Crippen molar-refractivity contribution >= 4 is 16.9 Å². The van der Waals surface area contributed by atoms with Crippen molar-refractivity contribution in [1.82, 2.24) is 14.4 Å². The van der Waals surface area contributed by atoms with E-state index in [-0.39, 0.29) is 19.2 Å². The van der Waals surface area contributed by atoms with Gasteiger partial charge in [0.1, 0.15) is 18.5 Å². The first-order valence-corrected chi connectivity index (χ1v) is 12.7. The number of piperazine rings is 1. The molecular formula is C28H37N3O5. The van der Waals surface area contributed by atoms with Gasteiger partial charge in [-0.15, -0.1) is 0 Å². The number of carbonyl (C=O) groups is 1. The molecule has 1 saturated heterocycles. The molecule has 0 amide bonds. The Hall–Kier alpha value is -2.91. The van der Waals surface area contributed by atoms with Gasteiger partial charge in [-0.3, -0.25) is 9.80 Å². The first-order chi connectivity index (χ1) is 17.5. The summed E-state index contributed by atoms with van der Waals surface area (Å²) in [6.45, 7) is 9.78. The smallest absolute Gasteiger partial charge is 0.340 e. The second kappa shape index (κ2) is 12.4. The summed E-state index contributed by atoms with van der Waals surface area (Å²) in [7, 11) is 0. The Morgan fingerprint density at radius 3 is 2.47 bits per heavy atom. The molecule has 2 N–H and O–H groups in total. The van der Waals surface area contributed by atoms with E-state index in [1.54, 1.807) is 6.92 Å². The standard InChI is InChI=1S/C28H37N3O5/c1-3-35-28(34)27-21(2)31(18-22-7-5-4-6-8-22)26-10-9-24(17-25(26)27)36-20-23(33)19-30-13-11-29(12-14-30)15-16-32/h4-10,17,23,32-33H,3,11-16,18-20H2,1-2H3/t23-/m0/s1. The lowest BCUT2D eigenvalue weighted by molar-refractivity contribution is 0.0428. The predicted molar refractivity (Wildman–Crippen MR) is 140 cm³/mol. The fraction of sp³-hybridized carbons (Fsp3) is 0.464. The molecule has 1 aliphatic heterocycles. The van der Waals surface area contributed by atoms with Crippen LogP contribution in [0.25, 0.3) is 10.9 Å². The van der Waals surface area contributed by atoms with Crippen LogP contribution >= 0.6 is 0 Å². The highest BCUT2D eigenvalue weighted by molar-refractivity contribution is 6.06. The molecule has 2 aromatic carbocycles. The minimum absolute atomic E-state index is 0.167. The van der Waals surface area contributed by atoms with Gasteiger partial charge in [-0.1, -0.05) is 30.3 Å². The molecule has 1 aromatic heterocycles. The van der Waals surface area contributed by atoms with Crippen molar-refractivity contribution in [3.8, 4) is 5.75 Å². The number of ether oxygens (including phenoxy) is 2. The van der Waals surface area contributed by atoms with Gasteiger partial charge in [0.05, 0.1) is 18.8 Å². The summed E-state index contributed by atoms with van der Waals surface area (Å²) in [5, 5.41) is 20.5. The van der Waals surface area contributed by atoms with Gasteiger partial charge >= 0.3 is 5.97 Å². The molecule has 0 spiro atoms. The van der Waals surface area contributed by atoms with E-state index in [0.717, 1.165) is 48.3 Å². The van der Waals surface area contributed by atoms with Gasteiger partial charge in [0.25, 0.3) is 0 Å². The Balaban J connectivity index is 1.47. The average Bonchev–Trinajstić information content (AvgIpc) is 3.15. The number of carbonyl (C=O) groups excluding carboxylic acids is 1. The van der Waals surface area contributed by atoms with E-state index < -0.39 is 6.10 Å². The molecule has 8 nitrogen and oxygen atoms in total. The van der Waals surface area contributed by atoms with E-state index in [2.05, 4.69) is 26.5 Å². The third kappa shape index (κ3) is 6.25. The number of esters is 1. The first kappa shape index (κ1) is 26.2. The summed E-state index contributed by atoms with van der Waals surface area (Å²) in [5.41, 5.74) is 3.49. The van der Waals surface area contributed by atoms with E-state index in [4.69, 9.17) is 14.6 Å². The van der Waals surface area contributed by atoms with Crippen LogP contribution in [0.1, 0.15) is 28.5 Å². The van der Waals surface area contributed by atoms with Crippen LogP contribution < -0.4 is 4.74 Å². The number of fused-ring (bicyclic) bond motifs is 1. The van der Waals surface area contributed by atoms with Crippen LogP contribution in [-0.2, 0) is 11.3 Å². The van der Waals surface area contributed by atoms with Crippen LogP contribution in [0.3, 0.4) is 0 Å². The van der Waals surface area contributed by atoms with Gasteiger partial charge in [0.15, 0.2) is 0 Å². The van der Waals surface area contributed by atoms with E-state index in [1.165, 1.54) is 0 Å². The highest BCUT2D eigenvalue weighted by Gasteiger charge is 2.23. The molecular weight excluding hydrogens is 458 g/mol. The number of aliphatic hydroxyl groups excluding tert-OH is 2. The second-order valence-electron chi connectivity index (χ2n) is 9.26. The summed E-state index contributed by atoms with van der Waals surface area (Å²) in [6, 6.07) is 15.9. The lowest BCUT2D eigenvalue weighted by Crippen LogP contribution is -2.49. The van der Waals surface area contributed by atoms with E-state index in [0.29, 0.717) is 37.6 Å². The summed E-state index contributed by atoms with van der Waals surface area (Å²) in [5.74, 6) is 0.265. The molecule has 1 aliphatic rings. The third-order valence-electron chi connectivity index (χ3n) is 6.75. The van der Waals surface area contributed by atoms with Crippen molar-refractivity contribution < 1.29 is 24.5 Å². The number of rotatable bonds is 11. The topological polar surface area (TPSA) is 87.4 Å². The van der Waals surface area contributed by atoms with Crippen molar-refractivity contribution in [3.63, 3.8) is 0 Å². The third-order valence-corrected chi connectivity index (χ3v) is 6.75. The molecule has 1 atom stereocenters. The molecule has 2 heterocycles. The highest BCUT2D eigenvalue weighted by atomic mass is 16.5. The zero-order chi connectivity index (χ0) is 25.5. The summed E-state index contributed by atoms with van der Waals surface area (Å²) < 4.78 is 13.5. The number of benzene rings is 2. The van der Waals surface area contributed by atoms with Crippen LogP contribution in [0.2, 0.25) is 0 Å². The normalized spacial score (nSPS) is 15.8. The lowest BCUT2D eigenvalue weighted by atomic mass is 10.1. The largest absolute Gasteiger partial charge is 0.491 e. The van der Waals surface area contributed by atoms with Crippen LogP contribution in [0.5, 0.6) is 5.75 Å². The van der Waals surface area contributed by atoms with Crippen molar-refractivity contribution in [2.24, 2.45) is 0 Å². The maximum atomic E-state index is 12.9. The Labute approximate surface area is 212 Å². The van der Waals surface area contributed by atoms with Gasteiger partial charge in [0.2, 0.25) is 0 Å². The number of hydrogen-bond donors (Lipinski definition) is 2. The number of aromatic nitrogens is 1. The Morgan fingerprint density at radius 2 is 1.78 bits per heavy atom. The monoisotopic (exact) mass is 495 g/mol. The molecule has 8 heteroatoms. The van der Waals surface area contributed by atoms with Gasteiger partial charge in [-0.2, -0.15) is 0 Å². The summed E-state index contributed by atoms with van der Waals surface area (Å²) in [4.78, 5) is 17.3. The van der Waals surface area contributed by atoms with Crippen molar-refractivity contribution in [3.05, 3.63) is 65.4 Å². The van der Waals surface area contributed by atoms with Crippen molar-refractivity contribution in [1.29, 1.82) is 0 Å². The van der Waals surface area contributed by atoms with Crippen LogP contribution in [0.15, 0.2) is 48.5 Å². The molecule has 0 aliphatic carbocycles. The summed E-state index contributed by atoms with van der Waals surface area (Å²) in [6.07, 6.45) is -0.626. The molecule has 1 fully saturated rings. The van der Waals surface area contributed by atoms with Gasteiger partial charge in [0, 0.05) is 62.4 Å². The molecule has 0 saturated carbocycles. The fourth-order valence-corrected chi connectivity index (χ4v) is 4.86. The molecule has 3 aromatic rings. The van der Waals surface area contributed by atoms with Gasteiger partial charge in [-0.05, 0) is 37.6 Å². The van der Waals surface area contributed by atoms with Crippen LogP contribution in [0, 0.1) is 6.92 Å². The van der Waals surface area contributed by atoms with Crippen molar-refractivity contribution in [2.75, 3.05) is 59.1 Å². The molecule has 36 heavy (non-hydrogen) atoms. The fourth-order valence-electron chi connectivity index (χ4n) is 4.86. The zero-order valence-electron chi connectivity index (χ0n) is 21.2. The Kier molecular flexibility index (Phi) is 8.98. The number of β-amino-alcohol motifs (C(OH)–C–C–N with tert-alkyl or cyclic N) is 2. The maximum absolute atomic E-state index is 12.9. The Bertz CT molecular complexity index is 1140. The molecule has 0 unspecified atom stereocenters. The zero-order valence-corrected chi connectivity index (χ0v) is 21.2. The number of nitrogens with zero attached hydrogens (tertiary/aromatic N) is 3. The minimum atomic E-state index is -0.626. The van der Waals surface area contributed by atoms with Crippen LogP contribution in [-0.4, -0.2) is 95.7 Å².